The smallest absolute Gasteiger partial charge is 0.299 e. The van der Waals surface area contributed by atoms with Crippen LogP contribution in [-0.2, 0) is 14.3 Å². The quantitative estimate of drug-likeness (QED) is 0.683. The normalized spacial score (nSPS) is 17.0. The van der Waals surface area contributed by atoms with E-state index in [-0.39, 0.29) is 11.5 Å². The van der Waals surface area contributed by atoms with Crippen molar-refractivity contribution in [1.82, 2.24) is 9.55 Å². The van der Waals surface area contributed by atoms with Gasteiger partial charge in [-0.2, -0.15) is 8.42 Å². The van der Waals surface area contributed by atoms with Gasteiger partial charge in [0, 0.05) is 0 Å². The van der Waals surface area contributed by atoms with Gasteiger partial charge >= 0.3 is 0 Å². The molecule has 0 spiro atoms. The lowest BCUT2D eigenvalue weighted by Crippen LogP contribution is -2.27. The van der Waals surface area contributed by atoms with Gasteiger partial charge in [-0.3, -0.25) is 4.57 Å². The Morgan fingerprint density at radius 3 is 2.67 bits per heavy atom. The molecular formula is C17H16N2O4S. The van der Waals surface area contributed by atoms with E-state index in [1.807, 2.05) is 32.0 Å². The fourth-order valence-electron chi connectivity index (χ4n) is 2.92. The first kappa shape index (κ1) is 15.2. The van der Waals surface area contributed by atoms with Crippen LogP contribution in [0.15, 0.2) is 47.4 Å². The molecule has 3 aromatic rings. The van der Waals surface area contributed by atoms with E-state index in [2.05, 4.69) is 4.98 Å². The number of rotatable bonds is 3. The van der Waals surface area contributed by atoms with Gasteiger partial charge < -0.3 is 4.74 Å². The maximum atomic E-state index is 12.6. The van der Waals surface area contributed by atoms with Crippen LogP contribution in [0.25, 0.3) is 11.0 Å². The van der Waals surface area contributed by atoms with Gasteiger partial charge in [-0.05, 0) is 38.1 Å². The Kier molecular flexibility index (Phi) is 3.36. The molecule has 124 valence electrons. The molecule has 0 aliphatic carbocycles. The second-order valence-electron chi connectivity index (χ2n) is 5.78. The Bertz CT molecular complexity index is 1020. The van der Waals surface area contributed by atoms with Crippen LogP contribution in [0.1, 0.15) is 17.6 Å². The van der Waals surface area contributed by atoms with Crippen molar-refractivity contribution >= 4 is 21.2 Å². The monoisotopic (exact) mass is 344 g/mol. The Labute approximate surface area is 139 Å². The molecule has 1 aromatic heterocycles. The van der Waals surface area contributed by atoms with Crippen molar-refractivity contribution < 1.29 is 17.3 Å². The van der Waals surface area contributed by atoms with E-state index in [1.165, 1.54) is 0 Å². The second kappa shape index (κ2) is 5.32. The number of hydrogen-bond donors (Lipinski definition) is 0. The summed E-state index contributed by atoms with van der Waals surface area (Å²) in [6, 6.07) is 12.1. The zero-order valence-corrected chi connectivity index (χ0v) is 14.1. The molecule has 1 aliphatic rings. The van der Waals surface area contributed by atoms with E-state index >= 15 is 0 Å². The van der Waals surface area contributed by atoms with Crippen molar-refractivity contribution in [2.45, 2.75) is 25.0 Å². The summed E-state index contributed by atoms with van der Waals surface area (Å²) in [5, 5.41) is 0. The van der Waals surface area contributed by atoms with E-state index in [0.717, 1.165) is 16.6 Å². The zero-order chi connectivity index (χ0) is 16.9. The molecular weight excluding hydrogens is 328 g/mol. The van der Waals surface area contributed by atoms with E-state index in [0.29, 0.717) is 11.6 Å². The zero-order valence-electron chi connectivity index (χ0n) is 13.3. The maximum absolute atomic E-state index is 12.6. The Balaban J connectivity index is 1.75. The topological polar surface area (TPSA) is 70.4 Å². The first-order valence-corrected chi connectivity index (χ1v) is 8.97. The maximum Gasteiger partial charge on any atom is 0.299 e. The SMILES string of the molecule is Cc1ccc(S(=O)(=O)OC2COc3cccc4nc(C)n2c34)cc1. The highest BCUT2D eigenvalue weighted by Crippen LogP contribution is 2.35. The largest absolute Gasteiger partial charge is 0.487 e. The molecule has 1 unspecified atom stereocenters. The van der Waals surface area contributed by atoms with Gasteiger partial charge in [0.1, 0.15) is 23.7 Å². The Hall–Kier alpha value is -2.38. The van der Waals surface area contributed by atoms with Gasteiger partial charge in [0.25, 0.3) is 10.1 Å². The lowest BCUT2D eigenvalue weighted by molar-refractivity contribution is 0.0697. The molecule has 0 saturated carbocycles. The summed E-state index contributed by atoms with van der Waals surface area (Å²) in [7, 11) is -3.90. The predicted octanol–water partition coefficient (Wildman–Crippen LogP) is 2.95. The summed E-state index contributed by atoms with van der Waals surface area (Å²) in [5.41, 5.74) is 2.49. The fraction of sp³-hybridized carbons (Fsp3) is 0.235. The third-order valence-corrected chi connectivity index (χ3v) is 5.39. The van der Waals surface area contributed by atoms with E-state index in [9.17, 15) is 8.42 Å². The van der Waals surface area contributed by atoms with Crippen molar-refractivity contribution in [3.05, 3.63) is 53.9 Å². The Morgan fingerprint density at radius 2 is 1.92 bits per heavy atom. The number of aryl methyl sites for hydroxylation is 2. The number of imidazole rings is 1. The molecule has 4 rings (SSSR count). The lowest BCUT2D eigenvalue weighted by atomic mass is 10.2. The van der Waals surface area contributed by atoms with E-state index < -0.39 is 16.3 Å². The van der Waals surface area contributed by atoms with Crippen molar-refractivity contribution in [2.24, 2.45) is 0 Å². The standard InChI is InChI=1S/C17H16N2O4S/c1-11-6-8-13(9-7-11)24(20,21)23-16-10-22-15-5-3-4-14-17(15)19(16)12(2)18-14/h3-9,16H,10H2,1-2H3. The summed E-state index contributed by atoms with van der Waals surface area (Å²) >= 11 is 0. The molecule has 1 aliphatic heterocycles. The van der Waals surface area contributed by atoms with E-state index in [4.69, 9.17) is 8.92 Å². The van der Waals surface area contributed by atoms with Gasteiger partial charge in [0.2, 0.25) is 0 Å². The summed E-state index contributed by atoms with van der Waals surface area (Å²) in [6.07, 6.45) is -0.781. The number of nitrogens with zero attached hydrogens (tertiary/aromatic N) is 2. The minimum atomic E-state index is -3.90. The number of hydrogen-bond acceptors (Lipinski definition) is 5. The van der Waals surface area contributed by atoms with Crippen molar-refractivity contribution in [2.75, 3.05) is 6.61 Å². The van der Waals surface area contributed by atoms with Crippen molar-refractivity contribution in [1.29, 1.82) is 0 Å². The average molecular weight is 344 g/mol. The van der Waals surface area contributed by atoms with Crippen LogP contribution in [0.3, 0.4) is 0 Å². The molecule has 0 N–H and O–H groups in total. The molecule has 2 aromatic carbocycles. The van der Waals surface area contributed by atoms with Crippen LogP contribution in [-0.4, -0.2) is 24.6 Å². The molecule has 0 amide bonds. The molecule has 2 heterocycles. The van der Waals surface area contributed by atoms with Gasteiger partial charge in [-0.15, -0.1) is 0 Å². The highest BCUT2D eigenvalue weighted by atomic mass is 32.2. The number of aromatic nitrogens is 2. The summed E-state index contributed by atoms with van der Waals surface area (Å²) in [6.45, 7) is 3.83. The van der Waals surface area contributed by atoms with Crippen LogP contribution in [0.4, 0.5) is 0 Å². The summed E-state index contributed by atoms with van der Waals surface area (Å²) in [4.78, 5) is 4.58. The van der Waals surface area contributed by atoms with Gasteiger partial charge in [-0.25, -0.2) is 9.17 Å². The number of para-hydroxylation sites is 1. The van der Waals surface area contributed by atoms with Crippen LogP contribution in [0.5, 0.6) is 5.75 Å². The molecule has 0 bridgehead atoms. The number of benzene rings is 2. The minimum Gasteiger partial charge on any atom is -0.487 e. The number of ether oxygens (including phenoxy) is 1. The highest BCUT2D eigenvalue weighted by molar-refractivity contribution is 7.86. The van der Waals surface area contributed by atoms with Crippen LogP contribution in [0.2, 0.25) is 0 Å². The third kappa shape index (κ3) is 2.37. The highest BCUT2D eigenvalue weighted by Gasteiger charge is 2.30. The second-order valence-corrected chi connectivity index (χ2v) is 7.35. The van der Waals surface area contributed by atoms with Gasteiger partial charge in [-0.1, -0.05) is 23.8 Å². The minimum absolute atomic E-state index is 0.106. The predicted molar refractivity (Wildman–Crippen MR) is 88.5 cm³/mol. The van der Waals surface area contributed by atoms with Gasteiger partial charge in [0.15, 0.2) is 6.23 Å². The molecule has 0 fully saturated rings. The van der Waals surface area contributed by atoms with Crippen LogP contribution < -0.4 is 4.74 Å². The fourth-order valence-corrected chi connectivity index (χ4v) is 3.93. The summed E-state index contributed by atoms with van der Waals surface area (Å²) in [5.74, 6) is 1.37. The van der Waals surface area contributed by atoms with Crippen molar-refractivity contribution in [3.63, 3.8) is 0 Å². The molecule has 1 atom stereocenters. The van der Waals surface area contributed by atoms with E-state index in [1.54, 1.807) is 28.8 Å². The molecule has 24 heavy (non-hydrogen) atoms. The molecule has 0 saturated heterocycles. The molecule has 6 nitrogen and oxygen atoms in total. The first-order chi connectivity index (χ1) is 11.5. The average Bonchev–Trinajstić information content (AvgIpc) is 2.89. The van der Waals surface area contributed by atoms with Crippen LogP contribution in [0, 0.1) is 13.8 Å². The first-order valence-electron chi connectivity index (χ1n) is 7.56. The molecule has 7 heteroatoms. The van der Waals surface area contributed by atoms with Crippen molar-refractivity contribution in [3.8, 4) is 5.75 Å². The summed E-state index contributed by atoms with van der Waals surface area (Å²) < 4.78 is 38.0. The Morgan fingerprint density at radius 1 is 1.17 bits per heavy atom. The molecule has 0 radical (unpaired) electrons. The van der Waals surface area contributed by atoms with Crippen LogP contribution >= 0.6 is 0 Å². The lowest BCUT2D eigenvalue weighted by Gasteiger charge is -2.26. The third-order valence-electron chi connectivity index (χ3n) is 4.07. The van der Waals surface area contributed by atoms with Gasteiger partial charge in [0.05, 0.1) is 10.4 Å².